The van der Waals surface area contributed by atoms with Gasteiger partial charge in [0.05, 0.1) is 6.10 Å². The quantitative estimate of drug-likeness (QED) is 0.716. The Bertz CT molecular complexity index is 739. The molecule has 0 fully saturated rings. The molecule has 3 rings (SSSR count). The summed E-state index contributed by atoms with van der Waals surface area (Å²) < 4.78 is 10.2. The van der Waals surface area contributed by atoms with Crippen molar-refractivity contribution in [2.45, 2.75) is 40.0 Å². The fourth-order valence-corrected chi connectivity index (χ4v) is 2.57. The Morgan fingerprint density at radius 3 is 2.62 bits per heavy atom. The zero-order chi connectivity index (χ0) is 14.8. The van der Waals surface area contributed by atoms with Gasteiger partial charge in [-0.2, -0.15) is 0 Å². The molecular weight excluding hydrogens is 262 g/mol. The predicted molar refractivity (Wildman–Crippen MR) is 84.7 cm³/mol. The van der Waals surface area contributed by atoms with E-state index in [4.69, 9.17) is 4.74 Å². The topological polar surface area (TPSA) is 32.0 Å². The molecule has 0 atom stereocenters. The molecular formula is C17H21N3O. The molecule has 21 heavy (non-hydrogen) atoms. The van der Waals surface area contributed by atoms with Crippen LogP contribution in [-0.4, -0.2) is 20.2 Å². The summed E-state index contributed by atoms with van der Waals surface area (Å²) >= 11 is 0. The first-order valence-electron chi connectivity index (χ1n) is 7.37. The van der Waals surface area contributed by atoms with Crippen LogP contribution >= 0.6 is 0 Å². The molecule has 2 aromatic heterocycles. The molecule has 0 spiro atoms. The van der Waals surface area contributed by atoms with E-state index in [0.717, 1.165) is 24.7 Å². The molecule has 0 amide bonds. The SMILES string of the molecule is Cc1nccn1CCn1ccc2cc(OC(C)C)ccc21. The van der Waals surface area contributed by atoms with E-state index in [9.17, 15) is 0 Å². The van der Waals surface area contributed by atoms with Crippen molar-refractivity contribution in [3.05, 3.63) is 48.7 Å². The number of ether oxygens (including phenoxy) is 1. The van der Waals surface area contributed by atoms with E-state index in [0.29, 0.717) is 0 Å². The van der Waals surface area contributed by atoms with Crippen molar-refractivity contribution < 1.29 is 4.74 Å². The van der Waals surface area contributed by atoms with Crippen molar-refractivity contribution in [3.8, 4) is 5.75 Å². The van der Waals surface area contributed by atoms with Crippen LogP contribution in [0.2, 0.25) is 0 Å². The molecule has 3 aromatic rings. The second-order valence-electron chi connectivity index (χ2n) is 5.56. The van der Waals surface area contributed by atoms with Gasteiger partial charge in [-0.3, -0.25) is 0 Å². The summed E-state index contributed by atoms with van der Waals surface area (Å²) in [6.07, 6.45) is 6.21. The number of aryl methyl sites for hydroxylation is 3. The number of aromatic nitrogens is 3. The average molecular weight is 283 g/mol. The van der Waals surface area contributed by atoms with E-state index in [1.807, 2.05) is 39.2 Å². The van der Waals surface area contributed by atoms with Crippen molar-refractivity contribution in [2.75, 3.05) is 0 Å². The van der Waals surface area contributed by atoms with Crippen LogP contribution in [0.3, 0.4) is 0 Å². The van der Waals surface area contributed by atoms with Crippen molar-refractivity contribution in [2.24, 2.45) is 0 Å². The van der Waals surface area contributed by atoms with Crippen molar-refractivity contribution in [1.29, 1.82) is 0 Å². The van der Waals surface area contributed by atoms with Crippen LogP contribution in [0.5, 0.6) is 5.75 Å². The van der Waals surface area contributed by atoms with Gasteiger partial charge in [0.1, 0.15) is 11.6 Å². The molecule has 0 aliphatic heterocycles. The number of rotatable bonds is 5. The lowest BCUT2D eigenvalue weighted by atomic mass is 10.2. The third-order valence-electron chi connectivity index (χ3n) is 3.62. The van der Waals surface area contributed by atoms with Gasteiger partial charge in [0.25, 0.3) is 0 Å². The molecule has 110 valence electrons. The van der Waals surface area contributed by atoms with Gasteiger partial charge in [-0.05, 0) is 45.0 Å². The normalized spacial score (nSPS) is 11.4. The first kappa shape index (κ1) is 13.7. The summed E-state index contributed by atoms with van der Waals surface area (Å²) in [5, 5.41) is 1.22. The summed E-state index contributed by atoms with van der Waals surface area (Å²) in [5.41, 5.74) is 1.24. The largest absolute Gasteiger partial charge is 0.491 e. The maximum Gasteiger partial charge on any atom is 0.120 e. The summed E-state index contributed by atoms with van der Waals surface area (Å²) in [6, 6.07) is 8.42. The lowest BCUT2D eigenvalue weighted by Crippen LogP contribution is -2.07. The zero-order valence-corrected chi connectivity index (χ0v) is 12.8. The molecule has 4 heteroatoms. The van der Waals surface area contributed by atoms with E-state index >= 15 is 0 Å². The fourth-order valence-electron chi connectivity index (χ4n) is 2.57. The van der Waals surface area contributed by atoms with Gasteiger partial charge in [-0.25, -0.2) is 4.98 Å². The zero-order valence-electron chi connectivity index (χ0n) is 12.8. The van der Waals surface area contributed by atoms with E-state index in [1.165, 1.54) is 10.9 Å². The van der Waals surface area contributed by atoms with Gasteiger partial charge in [0.2, 0.25) is 0 Å². The Balaban J connectivity index is 1.79. The Morgan fingerprint density at radius 2 is 1.90 bits per heavy atom. The summed E-state index contributed by atoms with van der Waals surface area (Å²) in [5.74, 6) is 1.99. The van der Waals surface area contributed by atoms with Crippen molar-refractivity contribution >= 4 is 10.9 Å². The monoisotopic (exact) mass is 283 g/mol. The molecule has 4 nitrogen and oxygen atoms in total. The van der Waals surface area contributed by atoms with Gasteiger partial charge in [-0.15, -0.1) is 0 Å². The van der Waals surface area contributed by atoms with E-state index in [1.54, 1.807) is 0 Å². The summed E-state index contributed by atoms with van der Waals surface area (Å²) in [4.78, 5) is 4.26. The Labute approximate surface area is 125 Å². The maximum absolute atomic E-state index is 5.74. The Morgan fingerprint density at radius 1 is 1.10 bits per heavy atom. The van der Waals surface area contributed by atoms with Crippen LogP contribution in [0.1, 0.15) is 19.7 Å². The molecule has 0 aliphatic rings. The van der Waals surface area contributed by atoms with Crippen LogP contribution in [0.15, 0.2) is 42.9 Å². The Hall–Kier alpha value is -2.23. The lowest BCUT2D eigenvalue weighted by molar-refractivity contribution is 0.243. The van der Waals surface area contributed by atoms with Gasteiger partial charge < -0.3 is 13.9 Å². The molecule has 0 radical (unpaired) electrons. The summed E-state index contributed by atoms with van der Waals surface area (Å²) in [6.45, 7) is 7.99. The van der Waals surface area contributed by atoms with E-state index < -0.39 is 0 Å². The first-order chi connectivity index (χ1) is 10.1. The third-order valence-corrected chi connectivity index (χ3v) is 3.62. The molecule has 0 saturated carbocycles. The molecule has 0 saturated heterocycles. The molecule has 0 aliphatic carbocycles. The second kappa shape index (κ2) is 5.64. The molecule has 2 heterocycles. The predicted octanol–water partition coefficient (Wildman–Crippen LogP) is 3.63. The van der Waals surface area contributed by atoms with Crippen LogP contribution in [0.4, 0.5) is 0 Å². The summed E-state index contributed by atoms with van der Waals surface area (Å²) in [7, 11) is 0. The van der Waals surface area contributed by atoms with Gasteiger partial charge in [0, 0.05) is 42.6 Å². The third kappa shape index (κ3) is 2.94. The minimum Gasteiger partial charge on any atom is -0.491 e. The smallest absolute Gasteiger partial charge is 0.120 e. The number of imidazole rings is 1. The lowest BCUT2D eigenvalue weighted by Gasteiger charge is -2.11. The van der Waals surface area contributed by atoms with Crippen molar-refractivity contribution in [3.63, 3.8) is 0 Å². The molecule has 0 bridgehead atoms. The second-order valence-corrected chi connectivity index (χ2v) is 5.56. The highest BCUT2D eigenvalue weighted by atomic mass is 16.5. The van der Waals surface area contributed by atoms with E-state index in [2.05, 4.69) is 38.5 Å². The number of benzene rings is 1. The van der Waals surface area contributed by atoms with Crippen LogP contribution < -0.4 is 4.74 Å². The maximum atomic E-state index is 5.74. The average Bonchev–Trinajstić information content (AvgIpc) is 3.02. The van der Waals surface area contributed by atoms with Crippen LogP contribution in [0.25, 0.3) is 10.9 Å². The molecule has 0 unspecified atom stereocenters. The molecule has 1 aromatic carbocycles. The molecule has 0 N–H and O–H groups in total. The highest BCUT2D eigenvalue weighted by Crippen LogP contribution is 2.23. The minimum atomic E-state index is 0.203. The number of hydrogen-bond donors (Lipinski definition) is 0. The number of hydrogen-bond acceptors (Lipinski definition) is 2. The standard InChI is InChI=1S/C17H21N3O/c1-13(2)21-16-4-5-17-15(12-16)6-8-20(17)11-10-19-9-7-18-14(19)3/h4-9,12-13H,10-11H2,1-3H3. The highest BCUT2D eigenvalue weighted by Gasteiger charge is 2.05. The van der Waals surface area contributed by atoms with Crippen LogP contribution in [0, 0.1) is 6.92 Å². The highest BCUT2D eigenvalue weighted by molar-refractivity contribution is 5.81. The van der Waals surface area contributed by atoms with Gasteiger partial charge >= 0.3 is 0 Å². The minimum absolute atomic E-state index is 0.203. The van der Waals surface area contributed by atoms with Crippen LogP contribution in [-0.2, 0) is 13.1 Å². The van der Waals surface area contributed by atoms with Gasteiger partial charge in [0.15, 0.2) is 0 Å². The Kier molecular flexibility index (Phi) is 3.69. The van der Waals surface area contributed by atoms with Gasteiger partial charge in [-0.1, -0.05) is 0 Å². The fraction of sp³-hybridized carbons (Fsp3) is 0.353. The number of fused-ring (bicyclic) bond motifs is 1. The van der Waals surface area contributed by atoms with E-state index in [-0.39, 0.29) is 6.10 Å². The van der Waals surface area contributed by atoms with Crippen molar-refractivity contribution in [1.82, 2.24) is 14.1 Å². The number of nitrogens with zero attached hydrogens (tertiary/aromatic N) is 3. The first-order valence-corrected chi connectivity index (χ1v) is 7.37.